The van der Waals surface area contributed by atoms with Crippen molar-refractivity contribution in [2.45, 2.75) is 58.3 Å². The fourth-order valence-electron chi connectivity index (χ4n) is 4.79. The van der Waals surface area contributed by atoms with Gasteiger partial charge in [-0.3, -0.25) is 4.79 Å². The second-order valence-electron chi connectivity index (χ2n) is 8.24. The zero-order chi connectivity index (χ0) is 17.9. The maximum absolute atomic E-state index is 12.4. The lowest BCUT2D eigenvalue weighted by atomic mass is 9.51. The second kappa shape index (κ2) is 5.27. The summed E-state index contributed by atoms with van der Waals surface area (Å²) in [6.07, 6.45) is 6.12. The van der Waals surface area contributed by atoms with E-state index in [4.69, 9.17) is 0 Å². The first-order valence-electron chi connectivity index (χ1n) is 8.64. The predicted octanol–water partition coefficient (Wildman–Crippen LogP) is 4.40. The molecule has 0 heterocycles. The normalized spacial score (nSPS) is 27.6. The molecule has 3 N–H and O–H groups in total. The van der Waals surface area contributed by atoms with Crippen LogP contribution >= 0.6 is 0 Å². The highest BCUT2D eigenvalue weighted by Gasteiger charge is 2.57. The van der Waals surface area contributed by atoms with E-state index in [0.29, 0.717) is 23.1 Å². The lowest BCUT2D eigenvalue weighted by Crippen LogP contribution is -2.52. The number of allylic oxidation sites excluding steroid dienone is 1. The molecule has 2 atom stereocenters. The zero-order valence-electron chi connectivity index (χ0n) is 14.8. The number of phenolic OH excluding ortho intramolecular Hbond substituents is 2. The second-order valence-corrected chi connectivity index (χ2v) is 8.24. The highest BCUT2D eigenvalue weighted by molar-refractivity contribution is 5.88. The van der Waals surface area contributed by atoms with Crippen LogP contribution in [-0.4, -0.2) is 21.3 Å². The summed E-state index contributed by atoms with van der Waals surface area (Å²) in [4.78, 5) is 12.4. The number of benzene rings is 1. The summed E-state index contributed by atoms with van der Waals surface area (Å²) in [5, 5.41) is 31.4. The summed E-state index contributed by atoms with van der Waals surface area (Å²) in [6, 6.07) is 1.83. The average Bonchev–Trinajstić information content (AvgIpc) is 2.49. The SMILES string of the molecule is CC(C)c1cc2c(c(O)c1O)C1(C(=O)O)CCCC(C)(C)C1C=C2. The average molecular weight is 330 g/mol. The molecule has 24 heavy (non-hydrogen) atoms. The first-order chi connectivity index (χ1) is 11.1. The van der Waals surface area contributed by atoms with Crippen molar-refractivity contribution < 1.29 is 20.1 Å². The van der Waals surface area contributed by atoms with Crippen molar-refractivity contribution in [2.24, 2.45) is 11.3 Å². The van der Waals surface area contributed by atoms with Gasteiger partial charge in [-0.1, -0.05) is 46.3 Å². The van der Waals surface area contributed by atoms with E-state index < -0.39 is 11.4 Å². The maximum atomic E-state index is 12.4. The minimum absolute atomic E-state index is 0.0379. The molecule has 2 unspecified atom stereocenters. The van der Waals surface area contributed by atoms with Gasteiger partial charge >= 0.3 is 5.97 Å². The molecule has 0 saturated heterocycles. The topological polar surface area (TPSA) is 77.8 Å². The summed E-state index contributed by atoms with van der Waals surface area (Å²) in [5.41, 5.74) is 0.388. The number of hydrogen-bond donors (Lipinski definition) is 3. The van der Waals surface area contributed by atoms with Crippen molar-refractivity contribution in [3.05, 3.63) is 28.8 Å². The molecule has 4 nitrogen and oxygen atoms in total. The summed E-state index contributed by atoms with van der Waals surface area (Å²) >= 11 is 0. The van der Waals surface area contributed by atoms with E-state index in [-0.39, 0.29) is 28.7 Å². The molecule has 130 valence electrons. The Hall–Kier alpha value is -1.97. The molecular weight excluding hydrogens is 304 g/mol. The highest BCUT2D eigenvalue weighted by Crippen LogP contribution is 2.59. The van der Waals surface area contributed by atoms with Crippen LogP contribution in [0.2, 0.25) is 0 Å². The lowest BCUT2D eigenvalue weighted by molar-refractivity contribution is -0.150. The van der Waals surface area contributed by atoms with E-state index in [1.807, 2.05) is 32.1 Å². The van der Waals surface area contributed by atoms with Crippen molar-refractivity contribution in [2.75, 3.05) is 0 Å². The van der Waals surface area contributed by atoms with Crippen LogP contribution in [0.3, 0.4) is 0 Å². The molecule has 1 aromatic carbocycles. The number of carboxylic acids is 1. The molecule has 0 amide bonds. The maximum Gasteiger partial charge on any atom is 0.314 e. The molecule has 1 aromatic rings. The van der Waals surface area contributed by atoms with Gasteiger partial charge in [0.1, 0.15) is 5.41 Å². The Bertz CT molecular complexity index is 730. The fourth-order valence-corrected chi connectivity index (χ4v) is 4.79. The van der Waals surface area contributed by atoms with Gasteiger partial charge in [0, 0.05) is 17.0 Å². The van der Waals surface area contributed by atoms with E-state index in [1.54, 1.807) is 0 Å². The van der Waals surface area contributed by atoms with Crippen LogP contribution in [0, 0.1) is 11.3 Å². The van der Waals surface area contributed by atoms with Crippen LogP contribution in [0.25, 0.3) is 6.08 Å². The van der Waals surface area contributed by atoms with Gasteiger partial charge in [-0.25, -0.2) is 0 Å². The first-order valence-corrected chi connectivity index (χ1v) is 8.64. The predicted molar refractivity (Wildman–Crippen MR) is 93.3 cm³/mol. The molecular formula is C20H26O4. The van der Waals surface area contributed by atoms with Crippen molar-refractivity contribution in [1.29, 1.82) is 0 Å². The van der Waals surface area contributed by atoms with Gasteiger partial charge in [-0.15, -0.1) is 0 Å². The third-order valence-electron chi connectivity index (χ3n) is 6.02. The van der Waals surface area contributed by atoms with Crippen LogP contribution in [0.15, 0.2) is 12.1 Å². The van der Waals surface area contributed by atoms with E-state index in [0.717, 1.165) is 12.8 Å². The quantitative estimate of drug-likeness (QED) is 0.703. The van der Waals surface area contributed by atoms with E-state index in [9.17, 15) is 20.1 Å². The largest absolute Gasteiger partial charge is 0.504 e. The van der Waals surface area contributed by atoms with Crippen LogP contribution < -0.4 is 0 Å². The Labute approximate surface area is 142 Å². The summed E-state index contributed by atoms with van der Waals surface area (Å²) in [6.45, 7) is 8.05. The standard InChI is InChI=1S/C20H26O4/c1-11(2)13-10-12-6-7-14-19(3,4)8-5-9-20(14,18(23)24)15(12)17(22)16(13)21/h6-7,10-11,14,21-22H,5,8-9H2,1-4H3,(H,23,24). The molecule has 0 radical (unpaired) electrons. The third-order valence-corrected chi connectivity index (χ3v) is 6.02. The van der Waals surface area contributed by atoms with Gasteiger partial charge < -0.3 is 15.3 Å². The van der Waals surface area contributed by atoms with Crippen LogP contribution in [-0.2, 0) is 10.2 Å². The Balaban J connectivity index is 2.34. The lowest BCUT2D eigenvalue weighted by Gasteiger charge is -2.51. The van der Waals surface area contributed by atoms with E-state index in [1.165, 1.54) is 0 Å². The van der Waals surface area contributed by atoms with Gasteiger partial charge in [-0.05, 0) is 35.8 Å². The molecule has 4 heteroatoms. The summed E-state index contributed by atoms with van der Waals surface area (Å²) in [7, 11) is 0. The minimum Gasteiger partial charge on any atom is -0.504 e. The monoisotopic (exact) mass is 330 g/mol. The van der Waals surface area contributed by atoms with Crippen molar-refractivity contribution >= 4 is 12.0 Å². The van der Waals surface area contributed by atoms with Crippen LogP contribution in [0.4, 0.5) is 0 Å². The van der Waals surface area contributed by atoms with Crippen molar-refractivity contribution in [3.63, 3.8) is 0 Å². The van der Waals surface area contributed by atoms with Crippen LogP contribution in [0.1, 0.15) is 69.6 Å². The Morgan fingerprint density at radius 2 is 1.88 bits per heavy atom. The summed E-state index contributed by atoms with van der Waals surface area (Å²) in [5.74, 6) is -1.53. The number of carbonyl (C=O) groups is 1. The number of carboxylic acid groups (broad SMARTS) is 1. The zero-order valence-corrected chi connectivity index (χ0v) is 14.8. The highest BCUT2D eigenvalue weighted by atomic mass is 16.4. The van der Waals surface area contributed by atoms with Crippen LogP contribution in [0.5, 0.6) is 11.5 Å². The Morgan fingerprint density at radius 3 is 2.46 bits per heavy atom. The number of phenols is 2. The van der Waals surface area contributed by atoms with Gasteiger partial charge in [0.2, 0.25) is 0 Å². The van der Waals surface area contributed by atoms with Crippen molar-refractivity contribution in [1.82, 2.24) is 0 Å². The van der Waals surface area contributed by atoms with Gasteiger partial charge in [0.05, 0.1) is 0 Å². The number of aromatic hydroxyl groups is 2. The molecule has 0 bridgehead atoms. The molecule has 0 aliphatic heterocycles. The minimum atomic E-state index is -1.18. The molecule has 2 aliphatic carbocycles. The first kappa shape index (κ1) is 16.9. The number of aliphatic carboxylic acids is 1. The van der Waals surface area contributed by atoms with Gasteiger partial charge in [0.15, 0.2) is 11.5 Å². The Morgan fingerprint density at radius 1 is 1.21 bits per heavy atom. The molecule has 2 aliphatic rings. The molecule has 1 fully saturated rings. The Kier molecular flexibility index (Phi) is 3.70. The number of rotatable bonds is 2. The van der Waals surface area contributed by atoms with Crippen molar-refractivity contribution in [3.8, 4) is 11.5 Å². The summed E-state index contributed by atoms with van der Waals surface area (Å²) < 4.78 is 0. The molecule has 3 rings (SSSR count). The van der Waals surface area contributed by atoms with Gasteiger partial charge in [-0.2, -0.15) is 0 Å². The molecule has 0 aromatic heterocycles. The third kappa shape index (κ3) is 2.08. The molecule has 1 saturated carbocycles. The number of fused-ring (bicyclic) bond motifs is 3. The van der Waals surface area contributed by atoms with E-state index >= 15 is 0 Å². The van der Waals surface area contributed by atoms with Gasteiger partial charge in [0.25, 0.3) is 0 Å². The smallest absolute Gasteiger partial charge is 0.314 e. The molecule has 0 spiro atoms. The fraction of sp³-hybridized carbons (Fsp3) is 0.550. The number of hydrogen-bond acceptors (Lipinski definition) is 3. The van der Waals surface area contributed by atoms with E-state index in [2.05, 4.69) is 13.8 Å².